The van der Waals surface area contributed by atoms with Gasteiger partial charge in [0, 0.05) is 19.2 Å². The first-order valence-electron chi connectivity index (χ1n) is 6.66. The molecule has 2 aliphatic rings. The maximum atomic E-state index is 9.13. The third kappa shape index (κ3) is 2.73. The molecule has 0 bridgehead atoms. The molecule has 0 amide bonds. The van der Waals surface area contributed by atoms with Gasteiger partial charge in [0.1, 0.15) is 0 Å². The van der Waals surface area contributed by atoms with Crippen molar-refractivity contribution in [1.82, 2.24) is 4.90 Å². The normalized spacial score (nSPS) is 34.8. The highest BCUT2D eigenvalue weighted by Gasteiger charge is 2.33. The van der Waals surface area contributed by atoms with Gasteiger partial charge in [-0.3, -0.25) is 4.90 Å². The first-order valence-corrected chi connectivity index (χ1v) is 6.66. The molecule has 2 heteroatoms. The summed E-state index contributed by atoms with van der Waals surface area (Å²) in [6.45, 7) is 4.88. The second-order valence-corrected chi connectivity index (χ2v) is 5.54. The topological polar surface area (TPSA) is 23.5 Å². The second-order valence-electron chi connectivity index (χ2n) is 5.54. The van der Waals surface area contributed by atoms with E-state index in [0.717, 1.165) is 18.5 Å². The van der Waals surface area contributed by atoms with Crippen LogP contribution in [0.2, 0.25) is 0 Å². The van der Waals surface area contributed by atoms with Gasteiger partial charge in [-0.25, -0.2) is 0 Å². The van der Waals surface area contributed by atoms with Gasteiger partial charge in [0.2, 0.25) is 0 Å². The van der Waals surface area contributed by atoms with Crippen LogP contribution in [0.1, 0.15) is 45.4 Å². The van der Waals surface area contributed by atoms with Gasteiger partial charge in [0.15, 0.2) is 0 Å². The minimum Gasteiger partial charge on any atom is -0.396 e. The maximum absolute atomic E-state index is 9.13. The molecule has 2 nitrogen and oxygen atoms in total. The fourth-order valence-electron chi connectivity index (χ4n) is 3.41. The van der Waals surface area contributed by atoms with Crippen molar-refractivity contribution in [1.29, 1.82) is 0 Å². The molecule has 2 fully saturated rings. The lowest BCUT2D eigenvalue weighted by Crippen LogP contribution is -2.48. The molecule has 3 unspecified atom stereocenters. The SMILES string of the molecule is CC(CO)CN1CCCC2CCCCC21. The molecule has 0 aromatic rings. The summed E-state index contributed by atoms with van der Waals surface area (Å²) in [4.78, 5) is 2.66. The van der Waals surface area contributed by atoms with Crippen molar-refractivity contribution in [2.24, 2.45) is 11.8 Å². The van der Waals surface area contributed by atoms with Crippen molar-refractivity contribution >= 4 is 0 Å². The lowest BCUT2D eigenvalue weighted by molar-refractivity contribution is 0.0418. The van der Waals surface area contributed by atoms with Crippen molar-refractivity contribution in [3.63, 3.8) is 0 Å². The average molecular weight is 211 g/mol. The molecule has 0 spiro atoms. The van der Waals surface area contributed by atoms with E-state index in [9.17, 15) is 0 Å². The van der Waals surface area contributed by atoms with E-state index in [1.807, 2.05) is 0 Å². The van der Waals surface area contributed by atoms with E-state index in [1.54, 1.807) is 0 Å². The minimum absolute atomic E-state index is 0.341. The molecule has 0 aromatic heterocycles. The molecule has 1 N–H and O–H groups in total. The molecular weight excluding hydrogens is 186 g/mol. The van der Waals surface area contributed by atoms with Crippen LogP contribution in [0.15, 0.2) is 0 Å². The summed E-state index contributed by atoms with van der Waals surface area (Å²) >= 11 is 0. The summed E-state index contributed by atoms with van der Waals surface area (Å²) in [5, 5.41) is 9.13. The Morgan fingerprint density at radius 1 is 1.20 bits per heavy atom. The first-order chi connectivity index (χ1) is 7.31. The number of aliphatic hydroxyl groups is 1. The van der Waals surface area contributed by atoms with E-state index in [4.69, 9.17) is 5.11 Å². The Bertz CT molecular complexity index is 193. The van der Waals surface area contributed by atoms with Crippen LogP contribution in [0.5, 0.6) is 0 Å². The number of fused-ring (bicyclic) bond motifs is 1. The van der Waals surface area contributed by atoms with Crippen LogP contribution >= 0.6 is 0 Å². The Balaban J connectivity index is 1.91. The van der Waals surface area contributed by atoms with Crippen LogP contribution in [0.25, 0.3) is 0 Å². The Hall–Kier alpha value is -0.0800. The fraction of sp³-hybridized carbons (Fsp3) is 1.00. The van der Waals surface area contributed by atoms with E-state index < -0.39 is 0 Å². The molecular formula is C13H25NO. The molecule has 1 saturated carbocycles. The number of hydrogen-bond acceptors (Lipinski definition) is 2. The van der Waals surface area contributed by atoms with E-state index in [0.29, 0.717) is 12.5 Å². The third-order valence-corrected chi connectivity index (χ3v) is 4.22. The van der Waals surface area contributed by atoms with Gasteiger partial charge >= 0.3 is 0 Å². The van der Waals surface area contributed by atoms with Crippen LogP contribution < -0.4 is 0 Å². The van der Waals surface area contributed by atoms with Crippen LogP contribution in [0.4, 0.5) is 0 Å². The lowest BCUT2D eigenvalue weighted by Gasteiger charge is -2.45. The molecule has 0 aromatic carbocycles. The van der Waals surface area contributed by atoms with Gasteiger partial charge in [-0.1, -0.05) is 19.8 Å². The predicted molar refractivity (Wildman–Crippen MR) is 62.8 cm³/mol. The zero-order valence-electron chi connectivity index (χ0n) is 9.99. The Morgan fingerprint density at radius 2 is 1.93 bits per heavy atom. The van der Waals surface area contributed by atoms with Crippen molar-refractivity contribution in [3.05, 3.63) is 0 Å². The number of piperidine rings is 1. The van der Waals surface area contributed by atoms with E-state index in [2.05, 4.69) is 11.8 Å². The van der Waals surface area contributed by atoms with Gasteiger partial charge in [-0.05, 0) is 44.1 Å². The highest BCUT2D eigenvalue weighted by atomic mass is 16.3. The van der Waals surface area contributed by atoms with Gasteiger partial charge in [0.05, 0.1) is 0 Å². The summed E-state index contributed by atoms with van der Waals surface area (Å²) in [5.41, 5.74) is 0. The number of nitrogens with zero attached hydrogens (tertiary/aromatic N) is 1. The molecule has 1 saturated heterocycles. The number of likely N-dealkylation sites (tertiary alicyclic amines) is 1. The summed E-state index contributed by atoms with van der Waals surface area (Å²) < 4.78 is 0. The van der Waals surface area contributed by atoms with Crippen LogP contribution in [0, 0.1) is 11.8 Å². The molecule has 15 heavy (non-hydrogen) atoms. The molecule has 88 valence electrons. The number of hydrogen-bond donors (Lipinski definition) is 1. The zero-order chi connectivity index (χ0) is 10.7. The minimum atomic E-state index is 0.341. The van der Waals surface area contributed by atoms with Gasteiger partial charge in [0.25, 0.3) is 0 Å². The number of aliphatic hydroxyl groups excluding tert-OH is 1. The Kier molecular flexibility index (Phi) is 4.04. The number of rotatable bonds is 3. The monoisotopic (exact) mass is 211 g/mol. The van der Waals surface area contributed by atoms with Crippen LogP contribution in [-0.4, -0.2) is 35.7 Å². The van der Waals surface area contributed by atoms with E-state index >= 15 is 0 Å². The lowest BCUT2D eigenvalue weighted by atomic mass is 9.78. The first kappa shape index (κ1) is 11.4. The average Bonchev–Trinajstić information content (AvgIpc) is 2.29. The van der Waals surface area contributed by atoms with Crippen molar-refractivity contribution < 1.29 is 5.11 Å². The molecule has 3 atom stereocenters. The zero-order valence-corrected chi connectivity index (χ0v) is 9.99. The standard InChI is InChI=1S/C13H25NO/c1-11(10-15)9-14-8-4-6-12-5-2-3-7-13(12)14/h11-13,15H,2-10H2,1H3. The molecule has 1 aliphatic heterocycles. The summed E-state index contributed by atoms with van der Waals surface area (Å²) in [7, 11) is 0. The smallest absolute Gasteiger partial charge is 0.0468 e. The summed E-state index contributed by atoms with van der Waals surface area (Å²) in [6, 6.07) is 0.849. The third-order valence-electron chi connectivity index (χ3n) is 4.22. The predicted octanol–water partition coefficient (Wildman–Crippen LogP) is 2.27. The highest BCUT2D eigenvalue weighted by molar-refractivity contribution is 4.87. The quantitative estimate of drug-likeness (QED) is 0.774. The van der Waals surface area contributed by atoms with Crippen molar-refractivity contribution in [3.8, 4) is 0 Å². The van der Waals surface area contributed by atoms with E-state index in [1.165, 1.54) is 45.1 Å². The second kappa shape index (κ2) is 5.31. The van der Waals surface area contributed by atoms with E-state index in [-0.39, 0.29) is 0 Å². The largest absolute Gasteiger partial charge is 0.396 e. The summed E-state index contributed by atoms with van der Waals surface area (Å²) in [5.74, 6) is 1.42. The van der Waals surface area contributed by atoms with Crippen molar-refractivity contribution in [2.75, 3.05) is 19.7 Å². The van der Waals surface area contributed by atoms with Crippen LogP contribution in [0.3, 0.4) is 0 Å². The Morgan fingerprint density at radius 3 is 2.73 bits per heavy atom. The molecule has 0 radical (unpaired) electrons. The fourth-order valence-corrected chi connectivity index (χ4v) is 3.41. The maximum Gasteiger partial charge on any atom is 0.0468 e. The highest BCUT2D eigenvalue weighted by Crippen LogP contribution is 2.35. The van der Waals surface area contributed by atoms with Crippen molar-refractivity contribution in [2.45, 2.75) is 51.5 Å². The summed E-state index contributed by atoms with van der Waals surface area (Å²) in [6.07, 6.45) is 8.56. The Labute approximate surface area is 93.7 Å². The van der Waals surface area contributed by atoms with Gasteiger partial charge < -0.3 is 5.11 Å². The van der Waals surface area contributed by atoms with Gasteiger partial charge in [-0.15, -0.1) is 0 Å². The molecule has 2 rings (SSSR count). The molecule has 1 aliphatic carbocycles. The van der Waals surface area contributed by atoms with Gasteiger partial charge in [-0.2, -0.15) is 0 Å². The molecule has 1 heterocycles. The van der Waals surface area contributed by atoms with Crippen LogP contribution in [-0.2, 0) is 0 Å².